The maximum atomic E-state index is 12.6. The highest BCUT2D eigenvalue weighted by molar-refractivity contribution is 5.75. The fourth-order valence-corrected chi connectivity index (χ4v) is 6.73. The first-order chi connectivity index (χ1) is 19.5. The molecule has 2 aliphatic rings. The highest BCUT2D eigenvalue weighted by atomic mass is 16.5. The molecule has 216 valence electrons. The van der Waals surface area contributed by atoms with Crippen molar-refractivity contribution in [3.05, 3.63) is 76.9 Å². The van der Waals surface area contributed by atoms with Crippen LogP contribution in [0.3, 0.4) is 0 Å². The molecule has 0 saturated carbocycles. The molecule has 8 heteroatoms. The Labute approximate surface area is 242 Å². The summed E-state index contributed by atoms with van der Waals surface area (Å²) in [4.78, 5) is 25.6. The van der Waals surface area contributed by atoms with E-state index in [0.29, 0.717) is 11.8 Å². The third-order valence-electron chi connectivity index (χ3n) is 8.74. The molecule has 5 heterocycles. The van der Waals surface area contributed by atoms with Crippen LogP contribution in [0.4, 0.5) is 0 Å². The number of carbonyl (C=O) groups excluding carboxylic acids is 1. The van der Waals surface area contributed by atoms with E-state index in [2.05, 4.69) is 84.9 Å². The number of rotatable bonds is 8. The molecular weight excluding hydrogens is 512 g/mol. The number of hydrogen-bond acceptors (Lipinski definition) is 6. The summed E-state index contributed by atoms with van der Waals surface area (Å²) in [6, 6.07) is 15.2. The van der Waals surface area contributed by atoms with Crippen molar-refractivity contribution in [3.8, 4) is 5.69 Å². The Morgan fingerprint density at radius 3 is 2.49 bits per heavy atom. The van der Waals surface area contributed by atoms with E-state index < -0.39 is 0 Å². The predicted octanol–water partition coefficient (Wildman–Crippen LogP) is 5.13. The molecule has 1 aromatic carbocycles. The van der Waals surface area contributed by atoms with Gasteiger partial charge in [0, 0.05) is 67.9 Å². The number of ether oxygens (including phenoxy) is 1. The van der Waals surface area contributed by atoms with Crippen LogP contribution in [-0.2, 0) is 21.5 Å². The third kappa shape index (κ3) is 5.68. The Bertz CT molecular complexity index is 1560. The van der Waals surface area contributed by atoms with Gasteiger partial charge in [0.15, 0.2) is 0 Å². The molecule has 1 N–H and O–H groups in total. The number of methoxy groups -OCH3 is 1. The van der Waals surface area contributed by atoms with Gasteiger partial charge >= 0.3 is 5.97 Å². The van der Waals surface area contributed by atoms with Gasteiger partial charge in [0.1, 0.15) is 5.65 Å². The topological polar surface area (TPSA) is 79.3 Å². The van der Waals surface area contributed by atoms with Gasteiger partial charge < -0.3 is 14.6 Å². The van der Waals surface area contributed by atoms with Crippen molar-refractivity contribution in [1.82, 2.24) is 29.5 Å². The molecule has 1 spiro atoms. The number of H-pyrrole nitrogens is 1. The van der Waals surface area contributed by atoms with Gasteiger partial charge in [-0.25, -0.2) is 9.67 Å². The number of pyridine rings is 1. The quantitative estimate of drug-likeness (QED) is 0.304. The SMILES string of the molecule is COC(=O)C[C@H](CN1CC2(CN(Cc3ccc4cc[nH]c4n3)C2)C1)c1cc(-n2nc(C)cc2C)cc(C(C)(C)C)c1. The van der Waals surface area contributed by atoms with Gasteiger partial charge in [-0.15, -0.1) is 0 Å². The zero-order valence-electron chi connectivity index (χ0n) is 25.2. The van der Waals surface area contributed by atoms with Gasteiger partial charge in [0.2, 0.25) is 0 Å². The molecule has 0 bridgehead atoms. The third-order valence-corrected chi connectivity index (χ3v) is 8.74. The van der Waals surface area contributed by atoms with Crippen LogP contribution >= 0.6 is 0 Å². The fourth-order valence-electron chi connectivity index (χ4n) is 6.73. The van der Waals surface area contributed by atoms with Gasteiger partial charge in [-0.2, -0.15) is 5.10 Å². The number of fused-ring (bicyclic) bond motifs is 1. The molecule has 41 heavy (non-hydrogen) atoms. The summed E-state index contributed by atoms with van der Waals surface area (Å²) < 4.78 is 7.17. The summed E-state index contributed by atoms with van der Waals surface area (Å²) in [5, 5.41) is 5.91. The predicted molar refractivity (Wildman–Crippen MR) is 161 cm³/mol. The second kappa shape index (κ2) is 10.4. The van der Waals surface area contributed by atoms with Gasteiger partial charge in [0.25, 0.3) is 0 Å². The first-order valence-electron chi connectivity index (χ1n) is 14.6. The van der Waals surface area contributed by atoms with E-state index in [0.717, 1.165) is 73.1 Å². The van der Waals surface area contributed by atoms with E-state index in [-0.39, 0.29) is 17.3 Å². The number of aryl methyl sites for hydroxylation is 2. The van der Waals surface area contributed by atoms with Crippen LogP contribution in [0.1, 0.15) is 61.3 Å². The average molecular weight is 555 g/mol. The maximum absolute atomic E-state index is 12.6. The second-order valence-corrected chi connectivity index (χ2v) is 13.4. The molecule has 0 radical (unpaired) electrons. The Balaban J connectivity index is 1.16. The summed E-state index contributed by atoms with van der Waals surface area (Å²) in [6.07, 6.45) is 2.30. The van der Waals surface area contributed by atoms with Crippen LogP contribution in [0.25, 0.3) is 16.7 Å². The zero-order valence-corrected chi connectivity index (χ0v) is 25.2. The molecule has 0 amide bonds. The molecular formula is C33H42N6O2. The molecule has 3 aromatic heterocycles. The number of carbonyl (C=O) groups is 1. The number of esters is 1. The van der Waals surface area contributed by atoms with Crippen molar-refractivity contribution in [2.45, 2.75) is 58.9 Å². The molecule has 6 rings (SSSR count). The average Bonchev–Trinajstić information content (AvgIpc) is 3.49. The largest absolute Gasteiger partial charge is 0.469 e. The first kappa shape index (κ1) is 27.7. The van der Waals surface area contributed by atoms with Gasteiger partial charge in [0.05, 0.1) is 30.6 Å². The highest BCUT2D eigenvalue weighted by Crippen LogP contribution is 2.42. The fraction of sp³-hybridized carbons (Fsp3) is 0.485. The molecule has 2 aliphatic heterocycles. The minimum Gasteiger partial charge on any atom is -0.469 e. The summed E-state index contributed by atoms with van der Waals surface area (Å²) >= 11 is 0. The second-order valence-electron chi connectivity index (χ2n) is 13.4. The summed E-state index contributed by atoms with van der Waals surface area (Å²) in [7, 11) is 1.48. The normalized spacial score (nSPS) is 17.9. The number of aromatic nitrogens is 4. The van der Waals surface area contributed by atoms with E-state index in [9.17, 15) is 4.79 Å². The molecule has 2 fully saturated rings. The number of benzene rings is 1. The maximum Gasteiger partial charge on any atom is 0.306 e. The van der Waals surface area contributed by atoms with Crippen LogP contribution in [0, 0.1) is 19.3 Å². The van der Waals surface area contributed by atoms with Crippen molar-refractivity contribution in [1.29, 1.82) is 0 Å². The molecule has 8 nitrogen and oxygen atoms in total. The van der Waals surface area contributed by atoms with Crippen molar-refractivity contribution in [3.63, 3.8) is 0 Å². The van der Waals surface area contributed by atoms with E-state index >= 15 is 0 Å². The molecule has 2 saturated heterocycles. The standard InChI is InChI=1S/C33H42N6O2/c1-22-11-23(2)39(36-22)29-13-25(12-27(15-29)32(3,4)5)26(14-30(40)41-6)16-37-18-33(19-37)20-38(21-33)17-28-8-7-24-9-10-34-31(24)35-28/h7-13,15,26H,14,16-21H2,1-6H3,(H,34,35)/t26-/m1/s1. The van der Waals surface area contributed by atoms with Crippen LogP contribution in [0.5, 0.6) is 0 Å². The van der Waals surface area contributed by atoms with E-state index in [1.54, 1.807) is 0 Å². The zero-order chi connectivity index (χ0) is 28.9. The Hall–Kier alpha value is -3.49. The highest BCUT2D eigenvalue weighted by Gasteiger charge is 2.51. The minimum atomic E-state index is -0.166. The van der Waals surface area contributed by atoms with Crippen molar-refractivity contribution in [2.75, 3.05) is 39.8 Å². The Kier molecular flexibility index (Phi) is 7.02. The number of nitrogens with zero attached hydrogens (tertiary/aromatic N) is 5. The van der Waals surface area contributed by atoms with Crippen LogP contribution < -0.4 is 0 Å². The molecule has 4 aromatic rings. The Morgan fingerprint density at radius 2 is 1.80 bits per heavy atom. The number of likely N-dealkylation sites (tertiary alicyclic amines) is 2. The first-order valence-corrected chi connectivity index (χ1v) is 14.6. The van der Waals surface area contributed by atoms with Crippen molar-refractivity contribution < 1.29 is 9.53 Å². The van der Waals surface area contributed by atoms with Crippen LogP contribution in [0.15, 0.2) is 48.7 Å². The minimum absolute atomic E-state index is 0.0346. The molecule has 0 unspecified atom stereocenters. The van der Waals surface area contributed by atoms with Crippen molar-refractivity contribution in [2.24, 2.45) is 5.41 Å². The van der Waals surface area contributed by atoms with Gasteiger partial charge in [-0.05, 0) is 66.8 Å². The van der Waals surface area contributed by atoms with Crippen LogP contribution in [0.2, 0.25) is 0 Å². The van der Waals surface area contributed by atoms with Crippen molar-refractivity contribution >= 4 is 17.0 Å². The smallest absolute Gasteiger partial charge is 0.306 e. The number of nitrogens with one attached hydrogen (secondary N) is 1. The van der Waals surface area contributed by atoms with E-state index in [4.69, 9.17) is 14.8 Å². The monoisotopic (exact) mass is 554 g/mol. The van der Waals surface area contributed by atoms with E-state index in [1.165, 1.54) is 18.2 Å². The summed E-state index contributed by atoms with van der Waals surface area (Å²) in [5.74, 6) is -0.119. The van der Waals surface area contributed by atoms with Gasteiger partial charge in [-0.1, -0.05) is 26.8 Å². The summed E-state index contributed by atoms with van der Waals surface area (Å²) in [5.41, 5.74) is 7.96. The van der Waals surface area contributed by atoms with Gasteiger partial charge in [-0.3, -0.25) is 9.69 Å². The lowest BCUT2D eigenvalue weighted by molar-refractivity contribution is -0.142. The lowest BCUT2D eigenvalue weighted by atomic mass is 9.72. The Morgan fingerprint density at radius 1 is 1.05 bits per heavy atom. The van der Waals surface area contributed by atoms with E-state index in [1.807, 2.05) is 17.8 Å². The molecule has 0 aliphatic carbocycles. The lowest BCUT2D eigenvalue weighted by Crippen LogP contribution is -2.71. The van der Waals surface area contributed by atoms with Crippen LogP contribution in [-0.4, -0.2) is 75.4 Å². The number of hydrogen-bond donors (Lipinski definition) is 1. The molecule has 1 atom stereocenters. The lowest BCUT2D eigenvalue weighted by Gasteiger charge is -2.61. The number of aromatic amines is 1. The summed E-state index contributed by atoms with van der Waals surface area (Å²) in [6.45, 7) is 16.9.